The van der Waals surface area contributed by atoms with Gasteiger partial charge in [-0.05, 0) is 12.1 Å². The van der Waals surface area contributed by atoms with Gasteiger partial charge in [-0.25, -0.2) is 4.72 Å². The maximum atomic E-state index is 11.6. The van der Waals surface area contributed by atoms with Crippen molar-refractivity contribution < 1.29 is 13.2 Å². The van der Waals surface area contributed by atoms with Crippen LogP contribution < -0.4 is 10.0 Å². The topological polar surface area (TPSA) is 91.4 Å². The molecule has 0 bridgehead atoms. The molecule has 0 saturated carbocycles. The van der Waals surface area contributed by atoms with Crippen molar-refractivity contribution in [3.63, 3.8) is 0 Å². The molecule has 0 saturated heterocycles. The van der Waals surface area contributed by atoms with Crippen LogP contribution in [0.25, 0.3) is 0 Å². The number of rotatable bonds is 6. The fourth-order valence-electron chi connectivity index (χ4n) is 1.08. The summed E-state index contributed by atoms with van der Waals surface area (Å²) in [6.07, 6.45) is 3.02. The van der Waals surface area contributed by atoms with E-state index < -0.39 is 10.2 Å². The first-order valence-corrected chi connectivity index (χ1v) is 6.73. The van der Waals surface area contributed by atoms with Crippen LogP contribution in [-0.2, 0) is 10.2 Å². The van der Waals surface area contributed by atoms with Gasteiger partial charge in [0.25, 0.3) is 16.1 Å². The van der Waals surface area contributed by atoms with Crippen LogP contribution in [0.5, 0.6) is 0 Å². The van der Waals surface area contributed by atoms with E-state index in [9.17, 15) is 13.2 Å². The van der Waals surface area contributed by atoms with E-state index in [1.165, 1.54) is 20.3 Å². The molecule has 0 aliphatic carbocycles. The first kappa shape index (κ1) is 14.6. The summed E-state index contributed by atoms with van der Waals surface area (Å²) in [5, 5.41) is 2.59. The molecule has 0 unspecified atom stereocenters. The van der Waals surface area contributed by atoms with Crippen LogP contribution in [0.4, 0.5) is 0 Å². The summed E-state index contributed by atoms with van der Waals surface area (Å²) in [7, 11) is -0.587. The lowest BCUT2D eigenvalue weighted by Crippen LogP contribution is -2.40. The van der Waals surface area contributed by atoms with Crippen LogP contribution in [0, 0.1) is 0 Å². The molecular weight excluding hydrogens is 256 g/mol. The number of hydrogen-bond acceptors (Lipinski definition) is 4. The second-order valence-corrected chi connectivity index (χ2v) is 5.65. The van der Waals surface area contributed by atoms with Crippen LogP contribution >= 0.6 is 0 Å². The molecule has 0 aliphatic rings. The van der Waals surface area contributed by atoms with Gasteiger partial charge >= 0.3 is 0 Å². The molecule has 1 amide bonds. The molecule has 0 spiro atoms. The quantitative estimate of drug-likeness (QED) is 0.664. The number of aromatic nitrogens is 1. The summed E-state index contributed by atoms with van der Waals surface area (Å²) < 4.78 is 26.1. The van der Waals surface area contributed by atoms with Crippen molar-refractivity contribution in [2.75, 3.05) is 27.2 Å². The standard InChI is InChI=1S/C10H16N4O3S/c1-14(2)18(16,17)13-7-6-12-10(15)9-4-3-5-11-8-9/h3-5,8,13H,6-7H2,1-2H3,(H,12,15). The molecule has 0 atom stereocenters. The summed E-state index contributed by atoms with van der Waals surface area (Å²) in [6.45, 7) is 0.341. The minimum absolute atomic E-state index is 0.131. The number of nitrogens with one attached hydrogen (secondary N) is 2. The zero-order valence-electron chi connectivity index (χ0n) is 10.3. The lowest BCUT2D eigenvalue weighted by molar-refractivity contribution is 0.0954. The molecule has 1 aromatic heterocycles. The second kappa shape index (κ2) is 6.43. The van der Waals surface area contributed by atoms with Crippen molar-refractivity contribution in [1.82, 2.24) is 19.3 Å². The Kier molecular flexibility index (Phi) is 5.20. The van der Waals surface area contributed by atoms with Gasteiger partial charge in [0.15, 0.2) is 0 Å². The molecule has 0 aromatic carbocycles. The normalized spacial score (nSPS) is 11.5. The maximum Gasteiger partial charge on any atom is 0.278 e. The van der Waals surface area contributed by atoms with Gasteiger partial charge in [0.2, 0.25) is 0 Å². The SMILES string of the molecule is CN(C)S(=O)(=O)NCCNC(=O)c1cccnc1. The number of nitrogens with zero attached hydrogens (tertiary/aromatic N) is 2. The molecule has 1 heterocycles. The van der Waals surface area contributed by atoms with E-state index in [2.05, 4.69) is 15.0 Å². The monoisotopic (exact) mass is 272 g/mol. The van der Waals surface area contributed by atoms with Gasteiger partial charge in [0, 0.05) is 39.6 Å². The Morgan fingerprint density at radius 1 is 1.39 bits per heavy atom. The van der Waals surface area contributed by atoms with Crippen LogP contribution in [-0.4, -0.2) is 50.8 Å². The van der Waals surface area contributed by atoms with E-state index in [1.807, 2.05) is 0 Å². The van der Waals surface area contributed by atoms with E-state index in [0.29, 0.717) is 5.56 Å². The maximum absolute atomic E-state index is 11.6. The third-order valence-corrected chi connectivity index (χ3v) is 3.63. The highest BCUT2D eigenvalue weighted by molar-refractivity contribution is 7.87. The van der Waals surface area contributed by atoms with Crippen LogP contribution in [0.1, 0.15) is 10.4 Å². The third kappa shape index (κ3) is 4.40. The first-order valence-electron chi connectivity index (χ1n) is 5.29. The van der Waals surface area contributed by atoms with Crippen molar-refractivity contribution in [3.05, 3.63) is 30.1 Å². The highest BCUT2D eigenvalue weighted by atomic mass is 32.2. The molecule has 2 N–H and O–H groups in total. The summed E-state index contributed by atoms with van der Waals surface area (Å²) >= 11 is 0. The molecule has 7 nitrogen and oxygen atoms in total. The summed E-state index contributed by atoms with van der Waals surface area (Å²) in [6, 6.07) is 3.29. The van der Waals surface area contributed by atoms with Crippen molar-refractivity contribution in [2.45, 2.75) is 0 Å². The summed E-state index contributed by atoms with van der Waals surface area (Å²) in [4.78, 5) is 15.4. The predicted molar refractivity (Wildman–Crippen MR) is 67.2 cm³/mol. The fraction of sp³-hybridized carbons (Fsp3) is 0.400. The Bertz CT molecular complexity index is 487. The average Bonchev–Trinajstić information content (AvgIpc) is 2.35. The van der Waals surface area contributed by atoms with Gasteiger partial charge in [-0.1, -0.05) is 0 Å². The van der Waals surface area contributed by atoms with E-state index in [0.717, 1.165) is 4.31 Å². The van der Waals surface area contributed by atoms with E-state index in [4.69, 9.17) is 0 Å². The van der Waals surface area contributed by atoms with Crippen molar-refractivity contribution in [3.8, 4) is 0 Å². The highest BCUT2D eigenvalue weighted by Gasteiger charge is 2.11. The molecule has 0 aliphatic heterocycles. The zero-order chi connectivity index (χ0) is 13.6. The zero-order valence-corrected chi connectivity index (χ0v) is 11.1. The number of carbonyl (C=O) groups excluding carboxylic acids is 1. The van der Waals surface area contributed by atoms with Crippen molar-refractivity contribution in [2.24, 2.45) is 0 Å². The molecule has 0 radical (unpaired) electrons. The molecule has 18 heavy (non-hydrogen) atoms. The van der Waals surface area contributed by atoms with E-state index in [-0.39, 0.29) is 19.0 Å². The van der Waals surface area contributed by atoms with Gasteiger partial charge in [-0.15, -0.1) is 0 Å². The van der Waals surface area contributed by atoms with Crippen molar-refractivity contribution in [1.29, 1.82) is 0 Å². The number of hydrogen-bond donors (Lipinski definition) is 2. The molecule has 1 aromatic rings. The molecule has 1 rings (SSSR count). The second-order valence-electron chi connectivity index (χ2n) is 3.68. The Morgan fingerprint density at radius 2 is 2.11 bits per heavy atom. The fourth-order valence-corrected chi connectivity index (χ4v) is 1.70. The molecule has 8 heteroatoms. The van der Waals surface area contributed by atoms with Crippen molar-refractivity contribution >= 4 is 16.1 Å². The number of carbonyl (C=O) groups is 1. The van der Waals surface area contributed by atoms with Gasteiger partial charge in [-0.3, -0.25) is 9.78 Å². The third-order valence-electron chi connectivity index (χ3n) is 2.10. The summed E-state index contributed by atoms with van der Waals surface area (Å²) in [5.74, 6) is -0.285. The number of amides is 1. The Balaban J connectivity index is 2.34. The highest BCUT2D eigenvalue weighted by Crippen LogP contribution is 1.94. The smallest absolute Gasteiger partial charge is 0.278 e. The van der Waals surface area contributed by atoms with Crippen LogP contribution in [0.3, 0.4) is 0 Å². The molecule has 100 valence electrons. The minimum atomic E-state index is -3.44. The van der Waals surface area contributed by atoms with E-state index >= 15 is 0 Å². The van der Waals surface area contributed by atoms with Gasteiger partial charge in [0.05, 0.1) is 5.56 Å². The van der Waals surface area contributed by atoms with E-state index in [1.54, 1.807) is 18.3 Å². The van der Waals surface area contributed by atoms with Gasteiger partial charge < -0.3 is 5.32 Å². The van der Waals surface area contributed by atoms with Crippen LogP contribution in [0.15, 0.2) is 24.5 Å². The van der Waals surface area contributed by atoms with Crippen LogP contribution in [0.2, 0.25) is 0 Å². The number of pyridine rings is 1. The van der Waals surface area contributed by atoms with Gasteiger partial charge in [0.1, 0.15) is 0 Å². The van der Waals surface area contributed by atoms with Gasteiger partial charge in [-0.2, -0.15) is 12.7 Å². The largest absolute Gasteiger partial charge is 0.351 e. The summed E-state index contributed by atoms with van der Waals surface area (Å²) in [5.41, 5.74) is 0.438. The Morgan fingerprint density at radius 3 is 2.67 bits per heavy atom. The molecular formula is C10H16N4O3S. The minimum Gasteiger partial charge on any atom is -0.351 e. The average molecular weight is 272 g/mol. The first-order chi connectivity index (χ1) is 8.43. The predicted octanol–water partition coefficient (Wildman–Crippen LogP) is -0.793. The lowest BCUT2D eigenvalue weighted by atomic mass is 10.3. The lowest BCUT2D eigenvalue weighted by Gasteiger charge is -2.12. The Labute approximate surface area is 106 Å². The Hall–Kier alpha value is -1.51. The molecule has 0 fully saturated rings.